The van der Waals surface area contributed by atoms with Crippen molar-refractivity contribution in [2.45, 2.75) is 12.5 Å². The summed E-state index contributed by atoms with van der Waals surface area (Å²) in [5, 5.41) is 9.32. The molecule has 74 valence electrons. The molecule has 0 aliphatic heterocycles. The number of benzene rings is 1. The summed E-state index contributed by atoms with van der Waals surface area (Å²) in [5.41, 5.74) is 1.12. The highest BCUT2D eigenvalue weighted by Crippen LogP contribution is 2.17. The van der Waals surface area contributed by atoms with Gasteiger partial charge in [0.05, 0.1) is 6.10 Å². The lowest BCUT2D eigenvalue weighted by molar-refractivity contribution is 0.227. The van der Waals surface area contributed by atoms with Crippen LogP contribution in [0.1, 0.15) is 12.0 Å². The van der Waals surface area contributed by atoms with Crippen LogP contribution in [-0.4, -0.2) is 11.2 Å². The summed E-state index contributed by atoms with van der Waals surface area (Å²) >= 11 is 3.41. The third-order valence-corrected chi connectivity index (χ3v) is 2.35. The van der Waals surface area contributed by atoms with Crippen LogP contribution in [0.2, 0.25) is 0 Å². The molecule has 0 aliphatic rings. The standard InChI is InChI=1S/C12H13BrO/c1-2-12(14)9-11(13)8-10-6-4-3-5-7-10/h2-8,12,14H,1,9H2/b11-8-. The number of hydrogen-bond donors (Lipinski definition) is 1. The third kappa shape index (κ3) is 3.90. The van der Waals surface area contributed by atoms with Gasteiger partial charge in [-0.2, -0.15) is 0 Å². The van der Waals surface area contributed by atoms with Crippen molar-refractivity contribution in [3.8, 4) is 0 Å². The van der Waals surface area contributed by atoms with Crippen LogP contribution in [0.5, 0.6) is 0 Å². The maximum absolute atomic E-state index is 9.32. The van der Waals surface area contributed by atoms with Crippen LogP contribution in [0.4, 0.5) is 0 Å². The van der Waals surface area contributed by atoms with Crippen molar-refractivity contribution in [3.63, 3.8) is 0 Å². The number of halogens is 1. The molecule has 0 saturated heterocycles. The Bertz CT molecular complexity index is 316. The molecule has 0 aliphatic carbocycles. The van der Waals surface area contributed by atoms with E-state index in [0.29, 0.717) is 6.42 Å². The fraction of sp³-hybridized carbons (Fsp3) is 0.167. The summed E-state index contributed by atoms with van der Waals surface area (Å²) in [4.78, 5) is 0. The number of hydrogen-bond acceptors (Lipinski definition) is 1. The minimum Gasteiger partial charge on any atom is -0.389 e. The number of rotatable bonds is 4. The van der Waals surface area contributed by atoms with E-state index >= 15 is 0 Å². The number of aliphatic hydroxyl groups excluding tert-OH is 1. The highest BCUT2D eigenvalue weighted by Gasteiger charge is 2.00. The lowest BCUT2D eigenvalue weighted by atomic mass is 10.1. The molecule has 0 heterocycles. The molecule has 1 atom stereocenters. The monoisotopic (exact) mass is 252 g/mol. The lowest BCUT2D eigenvalue weighted by Gasteiger charge is -2.03. The van der Waals surface area contributed by atoms with Crippen LogP contribution in [0.15, 0.2) is 47.5 Å². The molecule has 1 aromatic rings. The van der Waals surface area contributed by atoms with E-state index < -0.39 is 6.10 Å². The molecule has 2 heteroatoms. The highest BCUT2D eigenvalue weighted by molar-refractivity contribution is 9.11. The van der Waals surface area contributed by atoms with Gasteiger partial charge in [-0.05, 0) is 16.1 Å². The van der Waals surface area contributed by atoms with Crippen LogP contribution in [-0.2, 0) is 0 Å². The molecule has 0 radical (unpaired) electrons. The topological polar surface area (TPSA) is 20.2 Å². The van der Waals surface area contributed by atoms with Crippen molar-refractivity contribution < 1.29 is 5.11 Å². The van der Waals surface area contributed by atoms with Gasteiger partial charge >= 0.3 is 0 Å². The Kier molecular flexibility index (Phi) is 4.63. The first-order chi connectivity index (χ1) is 6.72. The van der Waals surface area contributed by atoms with Gasteiger partial charge in [0.15, 0.2) is 0 Å². The third-order valence-electron chi connectivity index (χ3n) is 1.80. The van der Waals surface area contributed by atoms with Gasteiger partial charge in [0.2, 0.25) is 0 Å². The average molecular weight is 253 g/mol. The zero-order valence-electron chi connectivity index (χ0n) is 7.86. The van der Waals surface area contributed by atoms with Crippen molar-refractivity contribution in [2.24, 2.45) is 0 Å². The Morgan fingerprint density at radius 3 is 2.64 bits per heavy atom. The molecule has 0 aromatic heterocycles. The van der Waals surface area contributed by atoms with Gasteiger partial charge in [0.1, 0.15) is 0 Å². The largest absolute Gasteiger partial charge is 0.389 e. The normalized spacial score (nSPS) is 13.7. The van der Waals surface area contributed by atoms with Crippen LogP contribution < -0.4 is 0 Å². The van der Waals surface area contributed by atoms with Gasteiger partial charge in [-0.25, -0.2) is 0 Å². The summed E-state index contributed by atoms with van der Waals surface area (Å²) < 4.78 is 0.969. The molecule has 1 aromatic carbocycles. The molecule has 0 spiro atoms. The zero-order valence-corrected chi connectivity index (χ0v) is 9.44. The first kappa shape index (κ1) is 11.2. The first-order valence-electron chi connectivity index (χ1n) is 4.44. The fourth-order valence-corrected chi connectivity index (χ4v) is 1.67. The molecule has 0 saturated carbocycles. The lowest BCUT2D eigenvalue weighted by Crippen LogP contribution is -2.00. The Balaban J connectivity index is 2.64. The molecule has 1 unspecified atom stereocenters. The first-order valence-corrected chi connectivity index (χ1v) is 5.23. The average Bonchev–Trinajstić information content (AvgIpc) is 2.19. The van der Waals surface area contributed by atoms with E-state index in [4.69, 9.17) is 0 Å². The highest BCUT2D eigenvalue weighted by atomic mass is 79.9. The summed E-state index contributed by atoms with van der Waals surface area (Å²) in [6, 6.07) is 9.97. The summed E-state index contributed by atoms with van der Waals surface area (Å²) in [7, 11) is 0. The Morgan fingerprint density at radius 2 is 2.07 bits per heavy atom. The smallest absolute Gasteiger partial charge is 0.0763 e. The number of aliphatic hydroxyl groups is 1. The van der Waals surface area contributed by atoms with Crippen molar-refractivity contribution in [3.05, 3.63) is 53.0 Å². The van der Waals surface area contributed by atoms with E-state index in [1.807, 2.05) is 36.4 Å². The minimum atomic E-state index is -0.482. The van der Waals surface area contributed by atoms with Crippen LogP contribution in [0.25, 0.3) is 6.08 Å². The van der Waals surface area contributed by atoms with E-state index in [1.165, 1.54) is 6.08 Å². The van der Waals surface area contributed by atoms with Crippen molar-refractivity contribution in [1.82, 2.24) is 0 Å². The Morgan fingerprint density at radius 1 is 1.43 bits per heavy atom. The molecular formula is C12H13BrO. The van der Waals surface area contributed by atoms with E-state index in [2.05, 4.69) is 22.5 Å². The second-order valence-electron chi connectivity index (χ2n) is 3.01. The summed E-state index contributed by atoms with van der Waals surface area (Å²) in [5.74, 6) is 0. The Hall–Kier alpha value is -0.860. The van der Waals surface area contributed by atoms with Gasteiger partial charge in [0.25, 0.3) is 0 Å². The van der Waals surface area contributed by atoms with E-state index in [1.54, 1.807) is 0 Å². The molecule has 1 rings (SSSR count). The Labute approximate surface area is 92.9 Å². The molecule has 1 nitrogen and oxygen atoms in total. The second kappa shape index (κ2) is 5.78. The van der Waals surface area contributed by atoms with Crippen molar-refractivity contribution in [1.29, 1.82) is 0 Å². The van der Waals surface area contributed by atoms with Gasteiger partial charge in [-0.15, -0.1) is 6.58 Å². The maximum atomic E-state index is 9.32. The van der Waals surface area contributed by atoms with E-state index in [9.17, 15) is 5.11 Å². The molecule has 14 heavy (non-hydrogen) atoms. The predicted octanol–water partition coefficient (Wildman–Crippen LogP) is 3.36. The molecular weight excluding hydrogens is 240 g/mol. The van der Waals surface area contributed by atoms with Crippen molar-refractivity contribution in [2.75, 3.05) is 0 Å². The molecule has 1 N–H and O–H groups in total. The molecule has 0 fully saturated rings. The van der Waals surface area contributed by atoms with Gasteiger partial charge in [-0.3, -0.25) is 0 Å². The predicted molar refractivity (Wildman–Crippen MR) is 64.2 cm³/mol. The zero-order chi connectivity index (χ0) is 10.4. The quantitative estimate of drug-likeness (QED) is 0.816. The van der Waals surface area contributed by atoms with Crippen LogP contribution >= 0.6 is 15.9 Å². The van der Waals surface area contributed by atoms with Crippen LogP contribution in [0, 0.1) is 0 Å². The van der Waals surface area contributed by atoms with Crippen molar-refractivity contribution >= 4 is 22.0 Å². The SMILES string of the molecule is C=CC(O)C/C(Br)=C/c1ccccc1. The molecule has 0 bridgehead atoms. The fourth-order valence-electron chi connectivity index (χ4n) is 1.07. The molecule has 0 amide bonds. The minimum absolute atomic E-state index is 0.482. The summed E-state index contributed by atoms with van der Waals surface area (Å²) in [6.07, 6.45) is 3.61. The van der Waals surface area contributed by atoms with Gasteiger partial charge in [-0.1, -0.05) is 52.3 Å². The van der Waals surface area contributed by atoms with Crippen LogP contribution in [0.3, 0.4) is 0 Å². The van der Waals surface area contributed by atoms with E-state index in [0.717, 1.165) is 10.0 Å². The second-order valence-corrected chi connectivity index (χ2v) is 4.03. The van der Waals surface area contributed by atoms with Gasteiger partial charge < -0.3 is 5.11 Å². The maximum Gasteiger partial charge on any atom is 0.0763 e. The van der Waals surface area contributed by atoms with Gasteiger partial charge in [0, 0.05) is 6.42 Å². The summed E-state index contributed by atoms with van der Waals surface area (Å²) in [6.45, 7) is 3.52. The van der Waals surface area contributed by atoms with E-state index in [-0.39, 0.29) is 0 Å².